The molecule has 1 aliphatic heterocycles. The zero-order valence-electron chi connectivity index (χ0n) is 16.0. The number of nitrogens with zero attached hydrogens (tertiary/aromatic N) is 4. The minimum Gasteiger partial charge on any atom is -0.353 e. The van der Waals surface area contributed by atoms with Crippen LogP contribution >= 0.6 is 0 Å². The maximum absolute atomic E-state index is 12.6. The van der Waals surface area contributed by atoms with Gasteiger partial charge in [-0.3, -0.25) is 0 Å². The number of pyridine rings is 1. The van der Waals surface area contributed by atoms with Crippen molar-refractivity contribution in [3.05, 3.63) is 23.9 Å². The lowest BCUT2D eigenvalue weighted by Gasteiger charge is -2.39. The van der Waals surface area contributed by atoms with Crippen LogP contribution in [0.4, 0.5) is 10.6 Å². The molecule has 0 spiro atoms. The largest absolute Gasteiger partial charge is 0.353 e. The smallest absolute Gasteiger partial charge is 0.317 e. The Kier molecular flexibility index (Phi) is 5.56. The summed E-state index contributed by atoms with van der Waals surface area (Å²) in [5.41, 5.74) is 0.487. The number of anilines is 1. The summed E-state index contributed by atoms with van der Waals surface area (Å²) in [6.07, 6.45) is 2.50. The second-order valence-electron chi connectivity index (χ2n) is 8.54. The van der Waals surface area contributed by atoms with E-state index in [9.17, 15) is 4.79 Å². The summed E-state index contributed by atoms with van der Waals surface area (Å²) in [5.74, 6) is 0.854. The van der Waals surface area contributed by atoms with Crippen molar-refractivity contribution in [1.29, 1.82) is 5.26 Å². The van der Waals surface area contributed by atoms with Gasteiger partial charge in [-0.05, 0) is 37.8 Å². The Bertz CT molecular complexity index is 631. The molecule has 1 N–H and O–H groups in total. The molecule has 0 aliphatic carbocycles. The van der Waals surface area contributed by atoms with Crippen molar-refractivity contribution in [2.75, 3.05) is 31.1 Å². The van der Waals surface area contributed by atoms with Crippen LogP contribution < -0.4 is 10.2 Å². The van der Waals surface area contributed by atoms with E-state index in [1.165, 1.54) is 0 Å². The molecular formula is C19H29N5O. The average Bonchev–Trinajstić information content (AvgIpc) is 2.52. The van der Waals surface area contributed by atoms with E-state index >= 15 is 0 Å². The maximum atomic E-state index is 12.6. The highest BCUT2D eigenvalue weighted by atomic mass is 16.2. The minimum absolute atomic E-state index is 0.00156. The Hall–Kier alpha value is -2.29. The van der Waals surface area contributed by atoms with E-state index in [4.69, 9.17) is 5.26 Å². The monoisotopic (exact) mass is 343 g/mol. The van der Waals surface area contributed by atoms with Crippen LogP contribution in [-0.2, 0) is 0 Å². The quantitative estimate of drug-likeness (QED) is 0.916. The molecule has 1 saturated heterocycles. The summed E-state index contributed by atoms with van der Waals surface area (Å²) in [4.78, 5) is 20.9. The molecule has 1 fully saturated rings. The number of hydrogen-bond acceptors (Lipinski definition) is 4. The van der Waals surface area contributed by atoms with Crippen LogP contribution in [0.1, 0.15) is 46.6 Å². The van der Waals surface area contributed by atoms with E-state index in [1.807, 2.05) is 11.0 Å². The second kappa shape index (κ2) is 7.30. The van der Waals surface area contributed by atoms with Gasteiger partial charge in [0.05, 0.1) is 5.56 Å². The van der Waals surface area contributed by atoms with E-state index in [2.05, 4.69) is 55.9 Å². The fourth-order valence-corrected chi connectivity index (χ4v) is 3.52. The summed E-state index contributed by atoms with van der Waals surface area (Å²) in [6, 6.07) is 5.71. The zero-order chi connectivity index (χ0) is 18.7. The molecule has 0 radical (unpaired) electrons. The van der Waals surface area contributed by atoms with Gasteiger partial charge in [-0.25, -0.2) is 9.78 Å². The third-order valence-corrected chi connectivity index (χ3v) is 4.19. The number of amides is 2. The van der Waals surface area contributed by atoms with Gasteiger partial charge in [0, 0.05) is 37.9 Å². The van der Waals surface area contributed by atoms with Crippen LogP contribution in [0.5, 0.6) is 0 Å². The average molecular weight is 343 g/mol. The fraction of sp³-hybridized carbons (Fsp3) is 0.632. The number of carbonyl (C=O) groups excluding carboxylic acids is 1. The first-order valence-electron chi connectivity index (χ1n) is 8.78. The predicted molar refractivity (Wildman–Crippen MR) is 99.4 cm³/mol. The third-order valence-electron chi connectivity index (χ3n) is 4.19. The molecule has 1 aliphatic rings. The van der Waals surface area contributed by atoms with E-state index in [-0.39, 0.29) is 17.0 Å². The molecule has 136 valence electrons. The molecule has 2 heterocycles. The zero-order valence-corrected chi connectivity index (χ0v) is 16.0. The summed E-state index contributed by atoms with van der Waals surface area (Å²) >= 11 is 0. The van der Waals surface area contributed by atoms with E-state index in [1.54, 1.807) is 12.3 Å². The standard InChI is InChI=1S/C19H29N5O/c1-18(2,3)14-19(4,5)22-17(25)24-10-8-23(9-11-24)16-7-6-15(12-20)13-21-16/h6-7,13H,8-11,14H2,1-5H3,(H,22,25). The van der Waals surface area contributed by atoms with Crippen LogP contribution in [0.25, 0.3) is 0 Å². The number of aromatic nitrogens is 1. The topological polar surface area (TPSA) is 72.3 Å². The van der Waals surface area contributed by atoms with Gasteiger partial charge in [0.1, 0.15) is 11.9 Å². The van der Waals surface area contributed by atoms with Gasteiger partial charge in [-0.1, -0.05) is 20.8 Å². The summed E-state index contributed by atoms with van der Waals surface area (Å²) < 4.78 is 0. The normalized spacial score (nSPS) is 15.7. The van der Waals surface area contributed by atoms with Crippen molar-refractivity contribution in [3.8, 4) is 6.07 Å². The highest BCUT2D eigenvalue weighted by molar-refractivity contribution is 5.75. The van der Waals surface area contributed by atoms with Gasteiger partial charge in [-0.15, -0.1) is 0 Å². The van der Waals surface area contributed by atoms with Crippen molar-refractivity contribution < 1.29 is 4.79 Å². The number of piperazine rings is 1. The SMILES string of the molecule is CC(C)(C)CC(C)(C)NC(=O)N1CCN(c2ccc(C#N)cn2)CC1. The number of hydrogen-bond donors (Lipinski definition) is 1. The molecule has 2 rings (SSSR count). The summed E-state index contributed by atoms with van der Waals surface area (Å²) in [6.45, 7) is 13.5. The van der Waals surface area contributed by atoms with Gasteiger partial charge >= 0.3 is 6.03 Å². The minimum atomic E-state index is -0.235. The lowest BCUT2D eigenvalue weighted by molar-refractivity contribution is 0.172. The Morgan fingerprint density at radius 1 is 1.20 bits per heavy atom. The number of rotatable bonds is 3. The van der Waals surface area contributed by atoms with E-state index < -0.39 is 0 Å². The molecule has 1 aromatic heterocycles. The fourth-order valence-electron chi connectivity index (χ4n) is 3.52. The van der Waals surface area contributed by atoms with Crippen LogP contribution in [-0.4, -0.2) is 47.6 Å². The van der Waals surface area contributed by atoms with Crippen LogP contribution in [0.2, 0.25) is 0 Å². The van der Waals surface area contributed by atoms with Gasteiger partial charge in [0.15, 0.2) is 0 Å². The molecule has 0 atom stereocenters. The van der Waals surface area contributed by atoms with Crippen LogP contribution in [0.15, 0.2) is 18.3 Å². The Morgan fingerprint density at radius 2 is 1.84 bits per heavy atom. The number of nitriles is 1. The van der Waals surface area contributed by atoms with E-state index in [0.29, 0.717) is 18.7 Å². The van der Waals surface area contributed by atoms with Crippen molar-refractivity contribution in [2.45, 2.75) is 46.6 Å². The van der Waals surface area contributed by atoms with Gasteiger partial charge < -0.3 is 15.1 Å². The number of carbonyl (C=O) groups is 1. The van der Waals surface area contributed by atoms with Crippen molar-refractivity contribution >= 4 is 11.8 Å². The molecule has 1 aromatic rings. The van der Waals surface area contributed by atoms with Crippen LogP contribution in [0, 0.1) is 16.7 Å². The molecule has 6 nitrogen and oxygen atoms in total. The van der Waals surface area contributed by atoms with Crippen molar-refractivity contribution in [2.24, 2.45) is 5.41 Å². The van der Waals surface area contributed by atoms with Gasteiger partial charge in [-0.2, -0.15) is 5.26 Å². The molecule has 0 saturated carbocycles. The Labute approximate surface area is 150 Å². The van der Waals surface area contributed by atoms with Crippen molar-refractivity contribution in [3.63, 3.8) is 0 Å². The van der Waals surface area contributed by atoms with Crippen molar-refractivity contribution in [1.82, 2.24) is 15.2 Å². The second-order valence-corrected chi connectivity index (χ2v) is 8.54. The maximum Gasteiger partial charge on any atom is 0.317 e. The van der Waals surface area contributed by atoms with Gasteiger partial charge in [0.25, 0.3) is 0 Å². The summed E-state index contributed by atoms with van der Waals surface area (Å²) in [5, 5.41) is 12.0. The first-order chi connectivity index (χ1) is 11.6. The Balaban J connectivity index is 1.88. The van der Waals surface area contributed by atoms with Crippen LogP contribution in [0.3, 0.4) is 0 Å². The molecule has 0 aromatic carbocycles. The first-order valence-corrected chi connectivity index (χ1v) is 8.78. The number of nitrogens with one attached hydrogen (secondary N) is 1. The molecule has 2 amide bonds. The molecule has 6 heteroatoms. The summed E-state index contributed by atoms with van der Waals surface area (Å²) in [7, 11) is 0. The van der Waals surface area contributed by atoms with E-state index in [0.717, 1.165) is 25.3 Å². The lowest BCUT2D eigenvalue weighted by Crippen LogP contribution is -2.56. The Morgan fingerprint density at radius 3 is 2.32 bits per heavy atom. The molecule has 25 heavy (non-hydrogen) atoms. The number of urea groups is 1. The third kappa shape index (κ3) is 5.63. The first kappa shape index (κ1) is 19.0. The lowest BCUT2D eigenvalue weighted by atomic mass is 9.82. The predicted octanol–water partition coefficient (Wildman–Crippen LogP) is 3.00. The molecule has 0 bridgehead atoms. The molecule has 0 unspecified atom stereocenters. The molecular weight excluding hydrogens is 314 g/mol. The van der Waals surface area contributed by atoms with Gasteiger partial charge in [0.2, 0.25) is 0 Å². The highest BCUT2D eigenvalue weighted by Crippen LogP contribution is 2.27. The highest BCUT2D eigenvalue weighted by Gasteiger charge is 2.30.